The van der Waals surface area contributed by atoms with Gasteiger partial charge in [-0.3, -0.25) is 0 Å². The Morgan fingerprint density at radius 2 is 0.727 bits per heavy atom. The van der Waals surface area contributed by atoms with Gasteiger partial charge in [0.25, 0.3) is 0 Å². The second-order valence-electron chi connectivity index (χ2n) is 19.6. The van der Waals surface area contributed by atoms with Crippen LogP contribution in [-0.4, -0.2) is 52.3 Å². The van der Waals surface area contributed by atoms with E-state index < -0.39 is 0 Å². The Morgan fingerprint density at radius 3 is 0.945 bits per heavy atom. The molecule has 0 aromatic heterocycles. The van der Waals surface area contributed by atoms with Crippen molar-refractivity contribution in [1.82, 2.24) is 0 Å². The van der Waals surface area contributed by atoms with Gasteiger partial charge in [0.05, 0.1) is 11.2 Å². The molecule has 0 N–H and O–H groups in total. The molecule has 1 heterocycles. The van der Waals surface area contributed by atoms with E-state index in [4.69, 9.17) is 9.31 Å². The molecule has 1 aliphatic heterocycles. The van der Waals surface area contributed by atoms with E-state index in [1.54, 1.807) is 154 Å². The van der Waals surface area contributed by atoms with Crippen LogP contribution in [0.4, 0.5) is 0 Å². The van der Waals surface area contributed by atoms with Gasteiger partial charge >= 0.3 is 35.0 Å². The zero-order chi connectivity index (χ0) is 38.9. The van der Waals surface area contributed by atoms with Gasteiger partial charge in [-0.25, -0.2) is 0 Å². The molecule has 1 aromatic rings. The van der Waals surface area contributed by atoms with Crippen LogP contribution in [0.5, 0.6) is 0 Å². The molecule has 7 aliphatic rings. The van der Waals surface area contributed by atoms with Crippen LogP contribution in [0.1, 0.15) is 220 Å². The van der Waals surface area contributed by atoms with E-state index in [1.165, 1.54) is 72.5 Å². The van der Waals surface area contributed by atoms with Crippen molar-refractivity contribution in [3.05, 3.63) is 30.3 Å². The molecule has 1 aromatic carbocycles. The van der Waals surface area contributed by atoms with Crippen molar-refractivity contribution < 1.29 is 23.0 Å². The van der Waals surface area contributed by atoms with Crippen molar-refractivity contribution in [3.8, 4) is 0 Å². The van der Waals surface area contributed by atoms with Gasteiger partial charge in [0, 0.05) is 0 Å². The molecular weight excluding hydrogens is 820 g/mol. The molecule has 55 heavy (non-hydrogen) atoms. The number of hydrogen-bond acceptors (Lipinski definition) is 2. The first kappa shape index (κ1) is 47.1. The van der Waals surface area contributed by atoms with Crippen molar-refractivity contribution in [1.29, 1.82) is 0 Å². The molecule has 1 saturated heterocycles. The normalized spacial score (nSPS) is 26.4. The average molecular weight is 903 g/mol. The van der Waals surface area contributed by atoms with Crippen LogP contribution in [0.15, 0.2) is 24.3 Å². The van der Waals surface area contributed by atoms with E-state index in [9.17, 15) is 0 Å². The van der Waals surface area contributed by atoms with Crippen molar-refractivity contribution in [2.24, 2.45) is 0 Å². The Hall–Kier alpha value is 1.04. The minimum atomic E-state index is -0.295. The zero-order valence-electron chi connectivity index (χ0n) is 36.0. The number of hydrogen-bond donors (Lipinski definition) is 0. The SMILES string of the molecule is C1CCC(P(C2CCCCC2)C2CCCCC2)CC1.C1CCC(P(C2CCCCC2)C2CCCCC2)CC1.CC1(C)OB(c2[c-]cccc2)OC1(C)C.[Ni][Br]. The summed E-state index contributed by atoms with van der Waals surface area (Å²) in [6, 6.07) is 10.9. The first-order valence-corrected chi connectivity index (χ1v) is 29.4. The molecule has 6 saturated carbocycles. The second-order valence-corrected chi connectivity index (χ2v) is 25.7. The van der Waals surface area contributed by atoms with E-state index in [1.807, 2.05) is 24.3 Å². The van der Waals surface area contributed by atoms with Crippen LogP contribution < -0.4 is 5.46 Å². The summed E-state index contributed by atoms with van der Waals surface area (Å²) < 4.78 is 11.8. The summed E-state index contributed by atoms with van der Waals surface area (Å²) in [5.74, 6) is 0. The van der Waals surface area contributed by atoms with Gasteiger partial charge in [-0.1, -0.05) is 131 Å². The maximum atomic E-state index is 5.90. The van der Waals surface area contributed by atoms with E-state index in [0.717, 1.165) is 5.46 Å². The number of halogens is 1. The average Bonchev–Trinajstić information content (AvgIpc) is 3.48. The Balaban J connectivity index is 0.000000156. The molecule has 0 spiro atoms. The fourth-order valence-electron chi connectivity index (χ4n) is 11.6. The summed E-state index contributed by atoms with van der Waals surface area (Å²) in [7, 11) is 0.475. The van der Waals surface area contributed by atoms with Crippen molar-refractivity contribution in [2.75, 3.05) is 0 Å². The van der Waals surface area contributed by atoms with E-state index in [-0.39, 0.29) is 18.3 Å². The quantitative estimate of drug-likeness (QED) is 0.154. The van der Waals surface area contributed by atoms with Crippen LogP contribution in [-0.2, 0) is 23.0 Å². The van der Waals surface area contributed by atoms with Gasteiger partial charge in [-0.05, 0) is 139 Å². The van der Waals surface area contributed by atoms with Crippen LogP contribution in [0.3, 0.4) is 0 Å². The van der Waals surface area contributed by atoms with Crippen LogP contribution in [0, 0.1) is 6.07 Å². The Bertz CT molecular complexity index is 982. The maximum absolute atomic E-state index is 5.90. The van der Waals surface area contributed by atoms with E-state index >= 15 is 0 Å². The monoisotopic (exact) mass is 900 g/mol. The third-order valence-electron chi connectivity index (χ3n) is 15.2. The van der Waals surface area contributed by atoms with Crippen LogP contribution in [0.2, 0.25) is 0 Å². The molecule has 317 valence electrons. The molecule has 6 aliphatic carbocycles. The van der Waals surface area contributed by atoms with Gasteiger partial charge < -0.3 is 9.31 Å². The van der Waals surface area contributed by atoms with Gasteiger partial charge in [0.15, 0.2) is 0 Å². The molecule has 7 fully saturated rings. The summed E-state index contributed by atoms with van der Waals surface area (Å²) >= 11 is 6.25. The topological polar surface area (TPSA) is 18.5 Å². The van der Waals surface area contributed by atoms with E-state index in [2.05, 4.69) is 61.7 Å². The molecule has 7 heteroatoms. The van der Waals surface area contributed by atoms with Crippen LogP contribution >= 0.6 is 30.1 Å². The molecular formula is C48H82BBrNiO2P2-. The standard InChI is InChI=1S/2C18H33P.C12H16BO2.BrH.Ni/c2*1-4-10-16(11-5-1)19(17-12-6-2-7-13-17)18-14-8-3-9-15-18;1-11(2)12(3,4)15-13(14-11)10-8-6-5-7-9-10;;/h2*16-18H,1-15H2;5-8H,1-4H3;1H;/q;;-1;;+1/p-1. The van der Waals surface area contributed by atoms with Crippen LogP contribution in [0.25, 0.3) is 0 Å². The summed E-state index contributed by atoms with van der Waals surface area (Å²) in [4.78, 5) is 0. The summed E-state index contributed by atoms with van der Waals surface area (Å²) in [5, 5.41) is 0. The molecule has 0 atom stereocenters. The fourth-order valence-corrected chi connectivity index (χ4v) is 20.9. The fraction of sp³-hybridized carbons (Fsp3) is 0.875. The van der Waals surface area contributed by atoms with Gasteiger partial charge in [0.1, 0.15) is 0 Å². The molecule has 0 amide bonds. The third kappa shape index (κ3) is 14.3. The summed E-state index contributed by atoms with van der Waals surface area (Å²) in [5.41, 5.74) is 7.54. The Morgan fingerprint density at radius 1 is 0.473 bits per heavy atom. The zero-order valence-corrected chi connectivity index (χ0v) is 40.3. The Labute approximate surface area is 359 Å². The van der Waals surface area contributed by atoms with Crippen molar-refractivity contribution in [3.63, 3.8) is 0 Å². The Kier molecular flexibility index (Phi) is 21.5. The molecule has 0 unspecified atom stereocenters. The van der Waals surface area contributed by atoms with Gasteiger partial charge in [-0.2, -0.15) is 30.3 Å². The number of rotatable bonds is 7. The summed E-state index contributed by atoms with van der Waals surface area (Å²) in [6.45, 7) is 8.21. The minimum absolute atomic E-state index is 0.276. The first-order chi connectivity index (χ1) is 26.8. The molecule has 0 bridgehead atoms. The van der Waals surface area contributed by atoms with Gasteiger partial charge in [0.2, 0.25) is 0 Å². The predicted octanol–water partition coefficient (Wildman–Crippen LogP) is 15.6. The molecule has 0 radical (unpaired) electrons. The van der Waals surface area contributed by atoms with Crippen molar-refractivity contribution >= 4 is 42.6 Å². The van der Waals surface area contributed by atoms with Gasteiger partial charge in [-0.15, -0.1) is 5.46 Å². The van der Waals surface area contributed by atoms with Crippen molar-refractivity contribution in [2.45, 2.75) is 265 Å². The number of benzene rings is 1. The first-order valence-electron chi connectivity index (χ1n) is 23.8. The second kappa shape index (κ2) is 25.1. The molecule has 2 nitrogen and oxygen atoms in total. The molecule has 8 rings (SSSR count). The summed E-state index contributed by atoms with van der Waals surface area (Å²) in [6.07, 6.45) is 47.2. The third-order valence-corrected chi connectivity index (χ3v) is 23.4. The van der Waals surface area contributed by atoms with E-state index in [0.29, 0.717) is 15.8 Å². The predicted molar refractivity (Wildman–Crippen MR) is 245 cm³/mol.